The average molecular weight is 290 g/mol. The summed E-state index contributed by atoms with van der Waals surface area (Å²) >= 11 is 0. The van der Waals surface area contributed by atoms with E-state index in [1.165, 1.54) is 6.07 Å². The van der Waals surface area contributed by atoms with E-state index in [2.05, 4.69) is 20.4 Å². The van der Waals surface area contributed by atoms with E-state index in [0.717, 1.165) is 17.7 Å². The lowest BCUT2D eigenvalue weighted by atomic mass is 10.1. The van der Waals surface area contributed by atoms with Crippen LogP contribution >= 0.6 is 0 Å². The molecule has 0 saturated carbocycles. The Kier molecular flexibility index (Phi) is 3.17. The summed E-state index contributed by atoms with van der Waals surface area (Å²) in [5.74, 6) is 0. The fraction of sp³-hybridized carbons (Fsp3) is 0.0714. The van der Waals surface area contributed by atoms with Crippen molar-refractivity contribution in [3.8, 4) is 22.5 Å². The third-order valence-electron chi connectivity index (χ3n) is 2.96. The van der Waals surface area contributed by atoms with Crippen molar-refractivity contribution in [2.45, 2.75) is 6.18 Å². The number of H-pyrrole nitrogens is 1. The number of nitrogens with zero attached hydrogens (tertiary/aromatic N) is 3. The van der Waals surface area contributed by atoms with Gasteiger partial charge in [-0.2, -0.15) is 13.2 Å². The van der Waals surface area contributed by atoms with Gasteiger partial charge in [0, 0.05) is 17.3 Å². The molecule has 0 saturated heterocycles. The maximum atomic E-state index is 12.7. The number of pyridine rings is 1. The Labute approximate surface area is 117 Å². The van der Waals surface area contributed by atoms with Gasteiger partial charge in [-0.1, -0.05) is 17.3 Å². The molecule has 2 aromatic heterocycles. The zero-order valence-corrected chi connectivity index (χ0v) is 10.6. The van der Waals surface area contributed by atoms with Crippen LogP contribution in [0.15, 0.2) is 48.8 Å². The summed E-state index contributed by atoms with van der Waals surface area (Å²) < 4.78 is 38.1. The monoisotopic (exact) mass is 290 g/mol. The molecule has 0 radical (unpaired) electrons. The second kappa shape index (κ2) is 5.01. The van der Waals surface area contributed by atoms with Gasteiger partial charge in [0.15, 0.2) is 0 Å². The number of hydrogen-bond acceptors (Lipinski definition) is 3. The number of rotatable bonds is 2. The molecule has 0 amide bonds. The molecule has 2 heterocycles. The van der Waals surface area contributed by atoms with E-state index >= 15 is 0 Å². The Morgan fingerprint density at radius 2 is 1.81 bits per heavy atom. The molecule has 1 N–H and O–H groups in total. The lowest BCUT2D eigenvalue weighted by Crippen LogP contribution is -2.04. The largest absolute Gasteiger partial charge is 0.416 e. The van der Waals surface area contributed by atoms with Crippen molar-refractivity contribution in [3.05, 3.63) is 54.4 Å². The summed E-state index contributed by atoms with van der Waals surface area (Å²) in [6, 6.07) is 8.46. The first kappa shape index (κ1) is 13.3. The molecule has 7 heteroatoms. The lowest BCUT2D eigenvalue weighted by Gasteiger charge is -2.08. The molecule has 0 spiro atoms. The van der Waals surface area contributed by atoms with Crippen LogP contribution in [0.3, 0.4) is 0 Å². The van der Waals surface area contributed by atoms with E-state index in [1.54, 1.807) is 30.6 Å². The molecule has 0 bridgehead atoms. The minimum atomic E-state index is -4.36. The highest BCUT2D eigenvalue weighted by Gasteiger charge is 2.30. The minimum absolute atomic E-state index is 0.413. The highest BCUT2D eigenvalue weighted by Crippen LogP contribution is 2.31. The quantitative estimate of drug-likeness (QED) is 0.785. The zero-order valence-electron chi connectivity index (χ0n) is 10.6. The first-order valence-electron chi connectivity index (χ1n) is 6.04. The standard InChI is InChI=1S/C14H9F3N4/c15-14(16,17)11-3-1-2-9(6-11)12-5-4-10(7-18-12)13-8-19-21-20-13/h1-8H,(H,19,20,21). The van der Waals surface area contributed by atoms with Crippen molar-refractivity contribution >= 4 is 0 Å². The number of aromatic nitrogens is 4. The SMILES string of the molecule is FC(F)(F)c1cccc(-c2ccc(-c3c[nH]nn3)cn2)c1. The highest BCUT2D eigenvalue weighted by molar-refractivity contribution is 5.64. The first-order valence-corrected chi connectivity index (χ1v) is 6.04. The van der Waals surface area contributed by atoms with Crippen LogP contribution in [0.4, 0.5) is 13.2 Å². The molecule has 106 valence electrons. The molecule has 0 aliphatic heterocycles. The van der Waals surface area contributed by atoms with Crippen molar-refractivity contribution < 1.29 is 13.2 Å². The molecule has 3 aromatic rings. The number of nitrogens with one attached hydrogen (secondary N) is 1. The Morgan fingerprint density at radius 1 is 0.952 bits per heavy atom. The number of aromatic amines is 1. The maximum Gasteiger partial charge on any atom is 0.416 e. The van der Waals surface area contributed by atoms with Crippen LogP contribution in [0.25, 0.3) is 22.5 Å². The lowest BCUT2D eigenvalue weighted by molar-refractivity contribution is -0.137. The summed E-state index contributed by atoms with van der Waals surface area (Å²) in [7, 11) is 0. The predicted octanol–water partition coefficient (Wildman–Crippen LogP) is 3.55. The van der Waals surface area contributed by atoms with Crippen molar-refractivity contribution in [3.63, 3.8) is 0 Å². The van der Waals surface area contributed by atoms with Gasteiger partial charge in [-0.15, -0.1) is 5.10 Å². The average Bonchev–Trinajstić information content (AvgIpc) is 3.01. The second-order valence-electron chi connectivity index (χ2n) is 4.37. The fourth-order valence-electron chi connectivity index (χ4n) is 1.91. The van der Waals surface area contributed by atoms with Gasteiger partial charge >= 0.3 is 6.18 Å². The molecule has 0 unspecified atom stereocenters. The van der Waals surface area contributed by atoms with Crippen molar-refractivity contribution in [2.24, 2.45) is 0 Å². The number of alkyl halides is 3. The Hall–Kier alpha value is -2.70. The third-order valence-corrected chi connectivity index (χ3v) is 2.96. The van der Waals surface area contributed by atoms with Gasteiger partial charge in [0.2, 0.25) is 0 Å². The molecule has 0 aliphatic carbocycles. The van der Waals surface area contributed by atoms with Gasteiger partial charge in [0.25, 0.3) is 0 Å². The van der Waals surface area contributed by atoms with Crippen LogP contribution in [-0.4, -0.2) is 20.4 Å². The Balaban J connectivity index is 1.94. The number of benzene rings is 1. The van der Waals surface area contributed by atoms with Crippen LogP contribution in [-0.2, 0) is 6.18 Å². The summed E-state index contributed by atoms with van der Waals surface area (Å²) in [4.78, 5) is 4.18. The van der Waals surface area contributed by atoms with Gasteiger partial charge in [-0.05, 0) is 24.3 Å². The molecular formula is C14H9F3N4. The van der Waals surface area contributed by atoms with Crippen LogP contribution in [0.5, 0.6) is 0 Å². The van der Waals surface area contributed by atoms with Crippen LogP contribution in [0, 0.1) is 0 Å². The van der Waals surface area contributed by atoms with Gasteiger partial charge in [-0.25, -0.2) is 0 Å². The summed E-state index contributed by atoms with van der Waals surface area (Å²) in [6.07, 6.45) is -1.20. The van der Waals surface area contributed by atoms with Crippen LogP contribution in [0.1, 0.15) is 5.56 Å². The summed E-state index contributed by atoms with van der Waals surface area (Å²) in [5.41, 5.74) is 1.55. The molecule has 21 heavy (non-hydrogen) atoms. The second-order valence-corrected chi connectivity index (χ2v) is 4.37. The van der Waals surface area contributed by atoms with E-state index in [-0.39, 0.29) is 0 Å². The van der Waals surface area contributed by atoms with Crippen molar-refractivity contribution in [1.82, 2.24) is 20.4 Å². The Morgan fingerprint density at radius 3 is 2.43 bits per heavy atom. The third kappa shape index (κ3) is 2.76. The number of hydrogen-bond donors (Lipinski definition) is 1. The van der Waals surface area contributed by atoms with Gasteiger partial charge in [0.05, 0.1) is 17.5 Å². The first-order chi connectivity index (χ1) is 10.0. The van der Waals surface area contributed by atoms with Crippen LogP contribution in [0.2, 0.25) is 0 Å². The molecule has 0 fully saturated rings. The van der Waals surface area contributed by atoms with Gasteiger partial charge in [0.1, 0.15) is 5.69 Å². The van der Waals surface area contributed by atoms with Crippen LogP contribution < -0.4 is 0 Å². The summed E-state index contributed by atoms with van der Waals surface area (Å²) in [5, 5.41) is 10.0. The van der Waals surface area contributed by atoms with Gasteiger partial charge in [-0.3, -0.25) is 10.1 Å². The molecule has 1 aromatic carbocycles. The fourth-order valence-corrected chi connectivity index (χ4v) is 1.91. The minimum Gasteiger partial charge on any atom is -0.265 e. The summed E-state index contributed by atoms with van der Waals surface area (Å²) in [6.45, 7) is 0. The predicted molar refractivity (Wildman–Crippen MR) is 70.1 cm³/mol. The van der Waals surface area contributed by atoms with E-state index in [0.29, 0.717) is 17.0 Å². The van der Waals surface area contributed by atoms with Gasteiger partial charge < -0.3 is 0 Å². The van der Waals surface area contributed by atoms with E-state index in [9.17, 15) is 13.2 Å². The molecule has 4 nitrogen and oxygen atoms in total. The Bertz CT molecular complexity index is 734. The molecule has 0 aliphatic rings. The smallest absolute Gasteiger partial charge is 0.265 e. The highest BCUT2D eigenvalue weighted by atomic mass is 19.4. The van der Waals surface area contributed by atoms with Crippen molar-refractivity contribution in [2.75, 3.05) is 0 Å². The van der Waals surface area contributed by atoms with E-state index in [4.69, 9.17) is 0 Å². The molecule has 0 atom stereocenters. The number of halogens is 3. The molecule has 3 rings (SSSR count). The van der Waals surface area contributed by atoms with E-state index in [1.807, 2.05) is 0 Å². The maximum absolute atomic E-state index is 12.7. The molecular weight excluding hydrogens is 281 g/mol. The van der Waals surface area contributed by atoms with E-state index < -0.39 is 11.7 Å². The zero-order chi connectivity index (χ0) is 14.9. The normalized spacial score (nSPS) is 11.6. The van der Waals surface area contributed by atoms with Crippen molar-refractivity contribution in [1.29, 1.82) is 0 Å². The topological polar surface area (TPSA) is 54.5 Å².